The number of thioether (sulfide) groups is 1. The average molecular weight is 114 g/mol. The lowest BCUT2D eigenvalue weighted by atomic mass is 11.0. The van der Waals surface area contributed by atoms with Gasteiger partial charge in [0.25, 0.3) is 0 Å². The highest BCUT2D eigenvalue weighted by Gasteiger charge is 1.90. The summed E-state index contributed by atoms with van der Waals surface area (Å²) in [6, 6.07) is 0. The Kier molecular flexibility index (Phi) is 1.26. The quantitative estimate of drug-likeness (QED) is 0.486. The molecule has 0 saturated heterocycles. The maximum absolute atomic E-state index is 3.65. The Hall–Kier alpha value is -0.570. The molecule has 0 bridgehead atoms. The second kappa shape index (κ2) is 1.93. The summed E-state index contributed by atoms with van der Waals surface area (Å²) in [7, 11) is 0. The molecule has 0 aromatic carbocycles. The van der Waals surface area contributed by atoms with Crippen molar-refractivity contribution in [2.24, 2.45) is 0 Å². The van der Waals surface area contributed by atoms with Crippen molar-refractivity contribution in [3.05, 3.63) is 23.2 Å². The molecule has 1 heterocycles. The zero-order chi connectivity index (χ0) is 5.11. The summed E-state index contributed by atoms with van der Waals surface area (Å²) >= 11 is 1.57. The lowest BCUT2D eigenvalue weighted by molar-refractivity contribution is 0.764. The van der Waals surface area contributed by atoms with Gasteiger partial charge in [-0.3, -0.25) is 5.43 Å². The minimum atomic E-state index is 0.933. The molecule has 0 saturated carbocycles. The number of rotatable bonds is 0. The molecule has 0 spiro atoms. The third kappa shape index (κ3) is 1.16. The number of hydrogen-bond acceptors (Lipinski definition) is 3. The maximum Gasteiger partial charge on any atom is 0.0839 e. The number of nitrogens with one attached hydrogen (secondary N) is 2. The van der Waals surface area contributed by atoms with Crippen molar-refractivity contribution in [2.45, 2.75) is 0 Å². The highest BCUT2D eigenvalue weighted by atomic mass is 32.2. The standard InChI is InChI=1S/C4H6N2S/c1-4-6-5-2-3-7-4/h2-3,5-6H,1H2. The predicted molar refractivity (Wildman–Crippen MR) is 32.1 cm³/mol. The molecule has 0 aliphatic carbocycles. The van der Waals surface area contributed by atoms with Crippen LogP contribution in [0.1, 0.15) is 0 Å². The van der Waals surface area contributed by atoms with Crippen molar-refractivity contribution in [1.82, 2.24) is 10.9 Å². The lowest BCUT2D eigenvalue weighted by Gasteiger charge is -2.09. The van der Waals surface area contributed by atoms with E-state index >= 15 is 0 Å². The monoisotopic (exact) mass is 114 g/mol. The Morgan fingerprint density at radius 2 is 2.57 bits per heavy atom. The summed E-state index contributed by atoms with van der Waals surface area (Å²) in [4.78, 5) is 0. The fraction of sp³-hybridized carbons (Fsp3) is 0. The second-order valence-corrected chi connectivity index (χ2v) is 2.11. The van der Waals surface area contributed by atoms with Crippen LogP contribution in [0.3, 0.4) is 0 Å². The molecule has 0 fully saturated rings. The largest absolute Gasteiger partial charge is 0.307 e. The van der Waals surface area contributed by atoms with Crippen LogP contribution in [0.25, 0.3) is 0 Å². The van der Waals surface area contributed by atoms with Crippen LogP contribution >= 0.6 is 11.8 Å². The second-order valence-electron chi connectivity index (χ2n) is 1.11. The summed E-state index contributed by atoms with van der Waals surface area (Å²) in [5, 5.41) is 2.86. The first-order valence-corrected chi connectivity index (χ1v) is 2.80. The molecule has 2 N–H and O–H groups in total. The zero-order valence-electron chi connectivity index (χ0n) is 3.77. The van der Waals surface area contributed by atoms with Gasteiger partial charge in [0.15, 0.2) is 0 Å². The van der Waals surface area contributed by atoms with E-state index in [-0.39, 0.29) is 0 Å². The van der Waals surface area contributed by atoms with Gasteiger partial charge in [0, 0.05) is 6.20 Å². The Bertz CT molecular complexity index is 108. The summed E-state index contributed by atoms with van der Waals surface area (Å²) in [5.41, 5.74) is 5.60. The van der Waals surface area contributed by atoms with Gasteiger partial charge in [-0.2, -0.15) is 0 Å². The molecule has 2 nitrogen and oxygen atoms in total. The highest BCUT2D eigenvalue weighted by Crippen LogP contribution is 2.11. The highest BCUT2D eigenvalue weighted by molar-refractivity contribution is 8.05. The van der Waals surface area contributed by atoms with Gasteiger partial charge in [0.05, 0.1) is 5.03 Å². The third-order valence-electron chi connectivity index (χ3n) is 0.573. The molecular formula is C4H6N2S. The van der Waals surface area contributed by atoms with Crippen molar-refractivity contribution in [1.29, 1.82) is 0 Å². The summed E-state index contributed by atoms with van der Waals surface area (Å²) in [5.74, 6) is 0. The van der Waals surface area contributed by atoms with Crippen LogP contribution < -0.4 is 10.9 Å². The van der Waals surface area contributed by atoms with E-state index in [4.69, 9.17) is 0 Å². The van der Waals surface area contributed by atoms with Crippen molar-refractivity contribution in [3.63, 3.8) is 0 Å². The van der Waals surface area contributed by atoms with Crippen LogP contribution in [-0.4, -0.2) is 0 Å². The van der Waals surface area contributed by atoms with Crippen LogP contribution in [0.2, 0.25) is 0 Å². The first-order chi connectivity index (χ1) is 3.39. The normalized spacial score (nSPS) is 18.0. The summed E-state index contributed by atoms with van der Waals surface area (Å²) < 4.78 is 0. The summed E-state index contributed by atoms with van der Waals surface area (Å²) in [6.07, 6.45) is 1.82. The van der Waals surface area contributed by atoms with E-state index in [1.165, 1.54) is 0 Å². The van der Waals surface area contributed by atoms with Gasteiger partial charge in [0.2, 0.25) is 0 Å². The van der Waals surface area contributed by atoms with Gasteiger partial charge in [-0.1, -0.05) is 18.3 Å². The van der Waals surface area contributed by atoms with Gasteiger partial charge in [-0.15, -0.1) is 0 Å². The predicted octanol–water partition coefficient (Wildman–Crippen LogP) is 0.770. The van der Waals surface area contributed by atoms with Gasteiger partial charge in [-0.25, -0.2) is 0 Å². The smallest absolute Gasteiger partial charge is 0.0839 e. The molecule has 1 aliphatic rings. The molecular weight excluding hydrogens is 108 g/mol. The van der Waals surface area contributed by atoms with Crippen LogP contribution in [0.15, 0.2) is 23.2 Å². The Morgan fingerprint density at radius 1 is 1.71 bits per heavy atom. The maximum atomic E-state index is 3.65. The minimum absolute atomic E-state index is 0.933. The number of hydrazine groups is 1. The van der Waals surface area contributed by atoms with Crippen LogP contribution in [0.5, 0.6) is 0 Å². The van der Waals surface area contributed by atoms with E-state index in [1.807, 2.05) is 11.6 Å². The SMILES string of the molecule is C=C1NNC=CS1. The van der Waals surface area contributed by atoms with Crippen LogP contribution in [0, 0.1) is 0 Å². The lowest BCUT2D eigenvalue weighted by Crippen LogP contribution is -2.25. The van der Waals surface area contributed by atoms with E-state index in [2.05, 4.69) is 17.4 Å². The van der Waals surface area contributed by atoms with Crippen molar-refractivity contribution in [2.75, 3.05) is 0 Å². The van der Waals surface area contributed by atoms with Gasteiger partial charge in [-0.05, 0) is 5.41 Å². The van der Waals surface area contributed by atoms with Crippen molar-refractivity contribution < 1.29 is 0 Å². The number of hydrogen-bond donors (Lipinski definition) is 2. The molecule has 0 amide bonds. The molecule has 1 aliphatic heterocycles. The van der Waals surface area contributed by atoms with Crippen molar-refractivity contribution in [3.8, 4) is 0 Å². The Labute approximate surface area is 46.6 Å². The molecule has 3 heteroatoms. The van der Waals surface area contributed by atoms with E-state index in [0.29, 0.717) is 0 Å². The molecule has 38 valence electrons. The fourth-order valence-corrected chi connectivity index (χ4v) is 0.720. The molecule has 0 unspecified atom stereocenters. The van der Waals surface area contributed by atoms with Gasteiger partial charge in [0.1, 0.15) is 0 Å². The summed E-state index contributed by atoms with van der Waals surface area (Å²) in [6.45, 7) is 3.65. The van der Waals surface area contributed by atoms with Crippen LogP contribution in [-0.2, 0) is 0 Å². The Balaban J connectivity index is 2.47. The first kappa shape index (κ1) is 4.59. The fourth-order valence-electron chi connectivity index (χ4n) is 0.302. The first-order valence-electron chi connectivity index (χ1n) is 1.92. The minimum Gasteiger partial charge on any atom is -0.307 e. The zero-order valence-corrected chi connectivity index (χ0v) is 4.59. The van der Waals surface area contributed by atoms with E-state index in [1.54, 1.807) is 11.8 Å². The van der Waals surface area contributed by atoms with E-state index in [9.17, 15) is 0 Å². The molecule has 1 rings (SSSR count). The Morgan fingerprint density at radius 3 is 2.86 bits per heavy atom. The van der Waals surface area contributed by atoms with E-state index < -0.39 is 0 Å². The molecule has 0 atom stereocenters. The van der Waals surface area contributed by atoms with Crippen LogP contribution in [0.4, 0.5) is 0 Å². The van der Waals surface area contributed by atoms with Gasteiger partial charge >= 0.3 is 0 Å². The molecule has 7 heavy (non-hydrogen) atoms. The molecule has 0 aromatic heterocycles. The van der Waals surface area contributed by atoms with E-state index in [0.717, 1.165) is 5.03 Å². The van der Waals surface area contributed by atoms with Crippen molar-refractivity contribution >= 4 is 11.8 Å². The van der Waals surface area contributed by atoms with Gasteiger partial charge < -0.3 is 5.43 Å². The molecule has 0 radical (unpaired) electrons. The third-order valence-corrected chi connectivity index (χ3v) is 1.23. The average Bonchev–Trinajstić information content (AvgIpc) is 1.69. The topological polar surface area (TPSA) is 24.1 Å². The molecule has 0 aromatic rings.